The van der Waals surface area contributed by atoms with Gasteiger partial charge in [0.15, 0.2) is 17.2 Å². The van der Waals surface area contributed by atoms with E-state index in [9.17, 15) is 19.5 Å². The molecule has 7 atom stereocenters. The van der Waals surface area contributed by atoms with Gasteiger partial charge in [0.25, 0.3) is 0 Å². The molecule has 0 heterocycles. The van der Waals surface area contributed by atoms with E-state index in [0.29, 0.717) is 38.5 Å². The Bertz CT molecular complexity index is 820. The summed E-state index contributed by atoms with van der Waals surface area (Å²) in [5, 5.41) is 11.2. The molecule has 160 valence electrons. The SMILES string of the molecule is CC(=O)O[C@]1(C(C)=O)CC[C@]2(C)[C@@H]3CCC4=CC(=O)CC[C@@H]4[C@]3(F)[C@@H](O)C[C@]12C. The maximum atomic E-state index is 16.8. The molecule has 1 N–H and O–H groups in total. The van der Waals surface area contributed by atoms with Gasteiger partial charge in [0.05, 0.1) is 6.10 Å². The number of allylic oxidation sites excluding steroid dienone is 1. The number of fused-ring (bicyclic) bond motifs is 5. The minimum atomic E-state index is -1.83. The van der Waals surface area contributed by atoms with Gasteiger partial charge in [-0.2, -0.15) is 0 Å². The normalized spacial score (nSPS) is 48.8. The first-order valence-corrected chi connectivity index (χ1v) is 10.7. The van der Waals surface area contributed by atoms with Gasteiger partial charge in [0, 0.05) is 30.6 Å². The van der Waals surface area contributed by atoms with E-state index in [1.54, 1.807) is 6.08 Å². The molecular formula is C23H31FO5. The van der Waals surface area contributed by atoms with E-state index in [4.69, 9.17) is 4.74 Å². The maximum absolute atomic E-state index is 16.8. The summed E-state index contributed by atoms with van der Waals surface area (Å²) in [5.41, 5.74) is -3.81. The fourth-order valence-electron chi connectivity index (χ4n) is 7.64. The van der Waals surface area contributed by atoms with Gasteiger partial charge in [-0.3, -0.25) is 14.4 Å². The van der Waals surface area contributed by atoms with Crippen molar-refractivity contribution >= 4 is 17.5 Å². The zero-order chi connectivity index (χ0) is 21.4. The van der Waals surface area contributed by atoms with Crippen molar-refractivity contribution in [1.82, 2.24) is 0 Å². The van der Waals surface area contributed by atoms with Crippen LogP contribution < -0.4 is 0 Å². The maximum Gasteiger partial charge on any atom is 0.303 e. The fourth-order valence-corrected chi connectivity index (χ4v) is 7.64. The van der Waals surface area contributed by atoms with Gasteiger partial charge < -0.3 is 9.84 Å². The lowest BCUT2D eigenvalue weighted by Crippen LogP contribution is -2.70. The largest absolute Gasteiger partial charge is 0.451 e. The lowest BCUT2D eigenvalue weighted by molar-refractivity contribution is -0.242. The molecule has 0 aromatic carbocycles. The molecule has 4 aliphatic rings. The summed E-state index contributed by atoms with van der Waals surface area (Å²) in [6, 6.07) is 0. The summed E-state index contributed by atoms with van der Waals surface area (Å²) in [6.45, 7) is 6.62. The van der Waals surface area contributed by atoms with Crippen LogP contribution in [-0.2, 0) is 19.1 Å². The summed E-state index contributed by atoms with van der Waals surface area (Å²) in [7, 11) is 0. The number of hydrogen-bond donors (Lipinski definition) is 1. The Balaban J connectivity index is 1.83. The summed E-state index contributed by atoms with van der Waals surface area (Å²) in [6.07, 6.45) is 3.14. The highest BCUT2D eigenvalue weighted by molar-refractivity contribution is 5.91. The summed E-state index contributed by atoms with van der Waals surface area (Å²) in [5.74, 6) is -1.66. The molecule has 4 aliphatic carbocycles. The standard InChI is InChI=1S/C23H31FO5/c1-13(25)22(29-14(2)26)10-9-20(3)18-8-5-15-11-16(27)6-7-17(15)23(18,24)19(28)12-21(20,22)4/h11,17-19,28H,5-10,12H2,1-4H3/t17-,18-,19-,20+,21-,22-,23+/m0/s1. The second-order valence-corrected chi connectivity index (χ2v) is 10.1. The van der Waals surface area contributed by atoms with Crippen LogP contribution in [0, 0.1) is 22.7 Å². The van der Waals surface area contributed by atoms with Crippen LogP contribution in [0.15, 0.2) is 11.6 Å². The van der Waals surface area contributed by atoms with Crippen molar-refractivity contribution in [3.63, 3.8) is 0 Å². The lowest BCUT2D eigenvalue weighted by Gasteiger charge is -2.64. The van der Waals surface area contributed by atoms with Gasteiger partial charge in [0.1, 0.15) is 5.67 Å². The molecule has 0 aliphatic heterocycles. The molecule has 6 heteroatoms. The molecular weight excluding hydrogens is 375 g/mol. The number of rotatable bonds is 2. The lowest BCUT2D eigenvalue weighted by atomic mass is 9.42. The van der Waals surface area contributed by atoms with Gasteiger partial charge in [-0.1, -0.05) is 19.4 Å². The third kappa shape index (κ3) is 2.38. The molecule has 0 saturated heterocycles. The number of carbonyl (C=O) groups excluding carboxylic acids is 3. The molecule has 0 bridgehead atoms. The highest BCUT2D eigenvalue weighted by Gasteiger charge is 2.77. The smallest absolute Gasteiger partial charge is 0.303 e. The Labute approximate surface area is 171 Å². The number of ether oxygens (including phenoxy) is 1. The predicted octanol–water partition coefficient (Wildman–Crippen LogP) is 3.47. The minimum absolute atomic E-state index is 0.0333. The summed E-state index contributed by atoms with van der Waals surface area (Å²) in [4.78, 5) is 36.6. The molecule has 5 nitrogen and oxygen atoms in total. The highest BCUT2D eigenvalue weighted by atomic mass is 19.1. The molecule has 0 aromatic rings. The van der Waals surface area contributed by atoms with Crippen molar-refractivity contribution in [1.29, 1.82) is 0 Å². The topological polar surface area (TPSA) is 80.7 Å². The zero-order valence-electron chi connectivity index (χ0n) is 17.7. The molecule has 0 unspecified atom stereocenters. The number of carbonyl (C=O) groups is 3. The van der Waals surface area contributed by atoms with Crippen molar-refractivity contribution in [3.8, 4) is 0 Å². The Morgan fingerprint density at radius 1 is 1.17 bits per heavy atom. The summed E-state index contributed by atoms with van der Waals surface area (Å²) < 4.78 is 22.5. The van der Waals surface area contributed by atoms with Crippen LogP contribution >= 0.6 is 0 Å². The first-order valence-electron chi connectivity index (χ1n) is 10.7. The molecule has 4 rings (SSSR count). The quantitative estimate of drug-likeness (QED) is 0.710. The van der Waals surface area contributed by atoms with Crippen LogP contribution in [0.2, 0.25) is 0 Å². The van der Waals surface area contributed by atoms with Gasteiger partial charge in [-0.15, -0.1) is 0 Å². The Hall–Kier alpha value is -1.56. The monoisotopic (exact) mass is 406 g/mol. The second-order valence-electron chi connectivity index (χ2n) is 10.1. The molecule has 0 aromatic heterocycles. The van der Waals surface area contributed by atoms with E-state index in [2.05, 4.69) is 0 Å². The van der Waals surface area contributed by atoms with Crippen molar-refractivity contribution < 1.29 is 28.6 Å². The van der Waals surface area contributed by atoms with Crippen LogP contribution in [-0.4, -0.2) is 40.0 Å². The van der Waals surface area contributed by atoms with Crippen LogP contribution in [0.1, 0.15) is 72.6 Å². The molecule has 3 fully saturated rings. The summed E-state index contributed by atoms with van der Waals surface area (Å²) >= 11 is 0. The van der Waals surface area contributed by atoms with E-state index in [-0.39, 0.29) is 18.0 Å². The number of halogens is 1. The van der Waals surface area contributed by atoms with Crippen molar-refractivity contribution in [2.75, 3.05) is 0 Å². The number of Topliss-reactive ketones (excluding diaryl/α,β-unsaturated/α-hetero) is 1. The van der Waals surface area contributed by atoms with E-state index in [0.717, 1.165) is 5.57 Å². The third-order valence-corrected chi connectivity index (χ3v) is 9.18. The fraction of sp³-hybridized carbons (Fsp3) is 0.783. The molecule has 29 heavy (non-hydrogen) atoms. The second kappa shape index (κ2) is 6.22. The number of hydrogen-bond acceptors (Lipinski definition) is 5. The highest BCUT2D eigenvalue weighted by Crippen LogP contribution is 2.73. The van der Waals surface area contributed by atoms with Crippen molar-refractivity contribution in [3.05, 3.63) is 11.6 Å². The first kappa shape index (κ1) is 20.7. The van der Waals surface area contributed by atoms with E-state index in [1.165, 1.54) is 13.8 Å². The first-order chi connectivity index (χ1) is 13.4. The van der Waals surface area contributed by atoms with Gasteiger partial charge >= 0.3 is 5.97 Å². The van der Waals surface area contributed by atoms with Crippen LogP contribution in [0.25, 0.3) is 0 Å². The third-order valence-electron chi connectivity index (χ3n) is 9.18. The zero-order valence-corrected chi connectivity index (χ0v) is 17.7. The van der Waals surface area contributed by atoms with Crippen LogP contribution in [0.5, 0.6) is 0 Å². The average Bonchev–Trinajstić information content (AvgIpc) is 2.84. The van der Waals surface area contributed by atoms with E-state index in [1.807, 2.05) is 13.8 Å². The number of alkyl halides is 1. The Morgan fingerprint density at radius 3 is 2.48 bits per heavy atom. The molecule has 0 spiro atoms. The number of ketones is 2. The molecule has 0 amide bonds. The van der Waals surface area contributed by atoms with Crippen molar-refractivity contribution in [2.45, 2.75) is 90.0 Å². The van der Waals surface area contributed by atoms with Gasteiger partial charge in [-0.25, -0.2) is 4.39 Å². The van der Waals surface area contributed by atoms with Gasteiger partial charge in [0.2, 0.25) is 0 Å². The van der Waals surface area contributed by atoms with Gasteiger partial charge in [-0.05, 0) is 56.9 Å². The number of aliphatic hydroxyl groups excluding tert-OH is 1. The predicted molar refractivity (Wildman–Crippen MR) is 104 cm³/mol. The Morgan fingerprint density at radius 2 is 1.86 bits per heavy atom. The van der Waals surface area contributed by atoms with Crippen molar-refractivity contribution in [2.24, 2.45) is 22.7 Å². The van der Waals surface area contributed by atoms with E-state index >= 15 is 4.39 Å². The minimum Gasteiger partial charge on any atom is -0.451 e. The Kier molecular flexibility index (Phi) is 4.44. The number of esters is 1. The van der Waals surface area contributed by atoms with Crippen LogP contribution in [0.3, 0.4) is 0 Å². The van der Waals surface area contributed by atoms with E-state index < -0.39 is 46.0 Å². The number of aliphatic hydroxyl groups is 1. The molecule has 0 radical (unpaired) electrons. The average molecular weight is 406 g/mol. The molecule has 3 saturated carbocycles. The van der Waals surface area contributed by atoms with Crippen LogP contribution in [0.4, 0.5) is 4.39 Å².